The van der Waals surface area contributed by atoms with Gasteiger partial charge in [-0.05, 0) is 96.7 Å². The van der Waals surface area contributed by atoms with Crippen molar-refractivity contribution in [2.24, 2.45) is 0 Å². The first-order chi connectivity index (χ1) is 17.1. The van der Waals surface area contributed by atoms with Crippen LogP contribution in [0, 0.1) is 0 Å². The minimum Gasteiger partial charge on any atom is -0.336 e. The van der Waals surface area contributed by atoms with E-state index in [2.05, 4.69) is 131 Å². The van der Waals surface area contributed by atoms with E-state index in [1.54, 1.807) is 0 Å². The summed E-state index contributed by atoms with van der Waals surface area (Å²) in [5.74, 6) is -0.504. The molecule has 176 valence electrons. The normalized spacial score (nSPS) is 17.3. The van der Waals surface area contributed by atoms with Crippen LogP contribution >= 0.6 is 0 Å². The van der Waals surface area contributed by atoms with Gasteiger partial charge in [-0.2, -0.15) is 0 Å². The number of hydrogen-bond acceptors (Lipinski definition) is 1. The first-order valence-corrected chi connectivity index (χ1v) is 12.8. The molecule has 0 saturated heterocycles. The fourth-order valence-corrected chi connectivity index (χ4v) is 5.88. The molecule has 4 aromatic carbocycles. The van der Waals surface area contributed by atoms with E-state index < -0.39 is 5.89 Å². The van der Waals surface area contributed by atoms with Crippen molar-refractivity contribution < 1.29 is 1.37 Å². The van der Waals surface area contributed by atoms with Gasteiger partial charge in [0.2, 0.25) is 0 Å². The summed E-state index contributed by atoms with van der Waals surface area (Å²) < 4.78 is 9.29. The molecule has 0 radical (unpaired) electrons. The molecule has 0 unspecified atom stereocenters. The van der Waals surface area contributed by atoms with Crippen LogP contribution in [-0.2, 0) is 5.41 Å². The molecule has 35 heavy (non-hydrogen) atoms. The van der Waals surface area contributed by atoms with Crippen molar-refractivity contribution in [2.75, 3.05) is 4.90 Å². The summed E-state index contributed by atoms with van der Waals surface area (Å²) in [6.07, 6.45) is 1.85. The molecule has 2 aliphatic rings. The first kappa shape index (κ1) is 21.0. The number of fused-ring (bicyclic) bond motifs is 3. The second-order valence-electron chi connectivity index (χ2n) is 11.6. The third-order valence-electron chi connectivity index (χ3n) is 7.70. The molecule has 0 atom stereocenters. The van der Waals surface area contributed by atoms with Gasteiger partial charge in [0.25, 0.3) is 0 Å². The molecule has 1 fully saturated rings. The Kier molecular flexibility index (Phi) is 4.71. The maximum absolute atomic E-state index is 9.29. The third kappa shape index (κ3) is 3.69. The van der Waals surface area contributed by atoms with Gasteiger partial charge in [-0.3, -0.25) is 0 Å². The lowest BCUT2D eigenvalue weighted by Gasteiger charge is -2.40. The summed E-state index contributed by atoms with van der Waals surface area (Å²) in [5.41, 5.74) is 11.1. The van der Waals surface area contributed by atoms with Crippen LogP contribution < -0.4 is 4.90 Å². The zero-order valence-electron chi connectivity index (χ0n) is 22.5. The zero-order valence-corrected chi connectivity index (χ0v) is 21.5. The van der Waals surface area contributed by atoms with Crippen molar-refractivity contribution in [3.8, 4) is 22.3 Å². The monoisotopic (exact) mass is 458 g/mol. The number of benzene rings is 4. The Hall–Kier alpha value is -3.32. The topological polar surface area (TPSA) is 3.24 Å². The molecule has 0 bridgehead atoms. The van der Waals surface area contributed by atoms with Crippen LogP contribution in [0.3, 0.4) is 0 Å². The summed E-state index contributed by atoms with van der Waals surface area (Å²) >= 11 is 0. The van der Waals surface area contributed by atoms with E-state index in [-0.39, 0.29) is 11.0 Å². The van der Waals surface area contributed by atoms with Crippen molar-refractivity contribution in [3.05, 3.63) is 108 Å². The Morgan fingerprint density at radius 1 is 0.743 bits per heavy atom. The maximum Gasteiger partial charge on any atom is 0.0457 e. The van der Waals surface area contributed by atoms with E-state index in [1.807, 2.05) is 0 Å². The van der Waals surface area contributed by atoms with E-state index in [1.165, 1.54) is 50.3 Å². The Bertz CT molecular complexity index is 1450. The zero-order chi connectivity index (χ0) is 25.3. The van der Waals surface area contributed by atoms with Gasteiger partial charge < -0.3 is 4.90 Å². The second kappa shape index (κ2) is 7.85. The van der Waals surface area contributed by atoms with Gasteiger partial charge in [-0.1, -0.05) is 86.6 Å². The second-order valence-corrected chi connectivity index (χ2v) is 11.6. The fraction of sp³-hybridized carbons (Fsp3) is 0.294. The molecule has 1 nitrogen and oxygen atoms in total. The Morgan fingerprint density at radius 2 is 1.43 bits per heavy atom. The van der Waals surface area contributed by atoms with Crippen LogP contribution in [-0.4, -0.2) is 5.54 Å². The molecule has 0 N–H and O–H groups in total. The van der Waals surface area contributed by atoms with Gasteiger partial charge in [0.1, 0.15) is 0 Å². The maximum atomic E-state index is 9.29. The molecular formula is C34H35N. The summed E-state index contributed by atoms with van der Waals surface area (Å²) in [6.45, 7) is 11.5. The molecule has 1 saturated carbocycles. The Balaban J connectivity index is 1.59. The lowest BCUT2D eigenvalue weighted by Crippen LogP contribution is -2.38. The molecule has 0 heterocycles. The number of rotatable bonds is 4. The van der Waals surface area contributed by atoms with Crippen LogP contribution in [0.1, 0.15) is 71.4 Å². The van der Waals surface area contributed by atoms with Gasteiger partial charge >= 0.3 is 0 Å². The van der Waals surface area contributed by atoms with Gasteiger partial charge in [0, 0.05) is 23.7 Å². The molecule has 0 spiro atoms. The van der Waals surface area contributed by atoms with Crippen LogP contribution in [0.5, 0.6) is 0 Å². The molecule has 4 aromatic rings. The largest absolute Gasteiger partial charge is 0.336 e. The third-order valence-corrected chi connectivity index (χ3v) is 7.70. The van der Waals surface area contributed by atoms with Gasteiger partial charge in [0.05, 0.1) is 0 Å². The highest BCUT2D eigenvalue weighted by Gasteiger charge is 2.39. The minimum absolute atomic E-state index is 0.0652. The highest BCUT2D eigenvalue weighted by atomic mass is 15.2. The van der Waals surface area contributed by atoms with Crippen molar-refractivity contribution in [3.63, 3.8) is 0 Å². The molecule has 1 heteroatoms. The smallest absolute Gasteiger partial charge is 0.0457 e. The molecular weight excluding hydrogens is 422 g/mol. The van der Waals surface area contributed by atoms with E-state index in [4.69, 9.17) is 0 Å². The van der Waals surface area contributed by atoms with Crippen LogP contribution in [0.25, 0.3) is 22.3 Å². The van der Waals surface area contributed by atoms with Crippen molar-refractivity contribution in [1.29, 1.82) is 0 Å². The molecule has 0 aromatic heterocycles. The van der Waals surface area contributed by atoms with Crippen LogP contribution in [0.4, 0.5) is 11.4 Å². The Labute approximate surface area is 211 Å². The quantitative estimate of drug-likeness (QED) is 0.294. The first-order valence-electron chi connectivity index (χ1n) is 13.3. The molecule has 0 amide bonds. The minimum atomic E-state index is -0.504. The highest BCUT2D eigenvalue weighted by molar-refractivity contribution is 5.86. The predicted molar refractivity (Wildman–Crippen MR) is 150 cm³/mol. The predicted octanol–water partition coefficient (Wildman–Crippen LogP) is 9.47. The lowest BCUT2D eigenvalue weighted by atomic mass is 9.81. The average molecular weight is 459 g/mol. The number of anilines is 2. The Morgan fingerprint density at radius 3 is 2.14 bits per heavy atom. The van der Waals surface area contributed by atoms with E-state index in [0.29, 0.717) is 0 Å². The fourth-order valence-electron chi connectivity index (χ4n) is 5.88. The number of nitrogens with zero attached hydrogens (tertiary/aromatic N) is 1. The van der Waals surface area contributed by atoms with Crippen molar-refractivity contribution in [2.45, 2.75) is 64.3 Å². The van der Waals surface area contributed by atoms with Crippen LogP contribution in [0.2, 0.25) is 0 Å². The summed E-state index contributed by atoms with van der Waals surface area (Å²) in [6, 6.07) is 33.1. The molecule has 0 aliphatic heterocycles. The van der Waals surface area contributed by atoms with E-state index in [9.17, 15) is 1.37 Å². The van der Waals surface area contributed by atoms with Gasteiger partial charge in [-0.25, -0.2) is 0 Å². The summed E-state index contributed by atoms with van der Waals surface area (Å²) in [4.78, 5) is 2.47. The van der Waals surface area contributed by atoms with Gasteiger partial charge in [0.15, 0.2) is 0 Å². The highest BCUT2D eigenvalue weighted by Crippen LogP contribution is 2.55. The molecule has 6 rings (SSSR count). The summed E-state index contributed by atoms with van der Waals surface area (Å²) in [5, 5.41) is 0. The summed E-state index contributed by atoms with van der Waals surface area (Å²) in [7, 11) is 0. The van der Waals surface area contributed by atoms with Crippen LogP contribution in [0.15, 0.2) is 91.0 Å². The number of hydrogen-bond donors (Lipinski definition) is 0. The van der Waals surface area contributed by atoms with E-state index in [0.717, 1.165) is 12.8 Å². The van der Waals surface area contributed by atoms with E-state index >= 15 is 0 Å². The van der Waals surface area contributed by atoms with Crippen molar-refractivity contribution in [1.82, 2.24) is 0 Å². The average Bonchev–Trinajstić information content (AvgIpc) is 3.57. The van der Waals surface area contributed by atoms with Gasteiger partial charge in [-0.15, -0.1) is 0 Å². The molecule has 2 aliphatic carbocycles. The SMILES string of the molecule is [2H]C1(c2cc3c(cc2N(c2cccc(-c4ccccc4)c2)C(C)(C)C)-c2ccccc2C3(C)C)CC1. The lowest BCUT2D eigenvalue weighted by molar-refractivity contribution is 0.558. The standard InChI is InChI=1S/C34H35N/c1-33(2,3)35(26-15-11-14-25(20-26)23-12-7-6-8-13-23)32-22-29-27-16-9-10-17-30(27)34(4,5)31(29)21-28(32)24-18-19-24/h6-17,20-22,24H,18-19H2,1-5H3/i24D. The van der Waals surface area contributed by atoms with Crippen molar-refractivity contribution >= 4 is 11.4 Å².